The average molecular weight is 412 g/mol. The van der Waals surface area contributed by atoms with Gasteiger partial charge < -0.3 is 5.32 Å². The molecule has 0 saturated carbocycles. The van der Waals surface area contributed by atoms with E-state index in [4.69, 9.17) is 0 Å². The van der Waals surface area contributed by atoms with Crippen LogP contribution in [0.15, 0.2) is 30.0 Å². The largest absolute Gasteiger partial charge is 0.328 e. The number of imidazole rings is 1. The molecule has 7 nitrogen and oxygen atoms in total. The lowest BCUT2D eigenvalue weighted by molar-refractivity contribution is 0.219. The predicted octanol–water partition coefficient (Wildman–Crippen LogP) is 4.35. The van der Waals surface area contributed by atoms with Gasteiger partial charge in [0.2, 0.25) is 0 Å². The second kappa shape index (κ2) is 7.57. The Kier molecular flexibility index (Phi) is 4.79. The fraction of sp³-hybridized carbons (Fsp3) is 0.368. The lowest BCUT2D eigenvalue weighted by Gasteiger charge is -2.25. The van der Waals surface area contributed by atoms with E-state index in [0.717, 1.165) is 45.1 Å². The maximum absolute atomic E-state index is 4.67. The first-order chi connectivity index (χ1) is 13.8. The Balaban J connectivity index is 1.41. The number of rotatable bonds is 5. The van der Waals surface area contributed by atoms with E-state index in [-0.39, 0.29) is 0 Å². The van der Waals surface area contributed by atoms with Crippen LogP contribution in [0.1, 0.15) is 30.7 Å². The van der Waals surface area contributed by atoms with Crippen LogP contribution >= 0.6 is 22.9 Å². The number of thiazole rings is 1. The summed E-state index contributed by atoms with van der Waals surface area (Å²) >= 11 is 3.08. The van der Waals surface area contributed by atoms with Crippen molar-refractivity contribution in [1.29, 1.82) is 0 Å². The first kappa shape index (κ1) is 17.7. The van der Waals surface area contributed by atoms with Crippen molar-refractivity contribution in [1.82, 2.24) is 28.6 Å². The molecular weight excluding hydrogens is 390 g/mol. The first-order valence-corrected chi connectivity index (χ1v) is 11.1. The number of piperidine rings is 1. The van der Waals surface area contributed by atoms with Gasteiger partial charge in [-0.2, -0.15) is 4.37 Å². The van der Waals surface area contributed by atoms with E-state index in [1.807, 2.05) is 30.9 Å². The number of likely N-dealkylation sites (tertiary alicyclic amines) is 1. The minimum absolute atomic E-state index is 0.746. The van der Waals surface area contributed by atoms with Gasteiger partial charge in [0.1, 0.15) is 15.7 Å². The van der Waals surface area contributed by atoms with Gasteiger partial charge in [0.15, 0.2) is 11.5 Å². The Morgan fingerprint density at radius 2 is 2.07 bits per heavy atom. The fourth-order valence-electron chi connectivity index (χ4n) is 3.61. The number of fused-ring (bicyclic) bond motifs is 1. The van der Waals surface area contributed by atoms with Gasteiger partial charge in [0.25, 0.3) is 0 Å². The molecule has 5 heterocycles. The molecule has 28 heavy (non-hydrogen) atoms. The average Bonchev–Trinajstić information content (AvgIpc) is 3.43. The molecule has 0 bridgehead atoms. The van der Waals surface area contributed by atoms with Crippen molar-refractivity contribution in [2.24, 2.45) is 0 Å². The minimum atomic E-state index is 0.746. The topological polar surface area (TPSA) is 71.2 Å². The summed E-state index contributed by atoms with van der Waals surface area (Å²) in [6, 6.07) is 2.13. The van der Waals surface area contributed by atoms with Crippen molar-refractivity contribution >= 4 is 39.3 Å². The summed E-state index contributed by atoms with van der Waals surface area (Å²) in [6.45, 7) is 5.26. The van der Waals surface area contributed by atoms with E-state index in [1.54, 1.807) is 11.3 Å². The van der Waals surface area contributed by atoms with Crippen molar-refractivity contribution in [3.63, 3.8) is 0 Å². The number of hydrogen-bond acceptors (Lipinski definition) is 8. The van der Waals surface area contributed by atoms with Crippen LogP contribution in [0.2, 0.25) is 0 Å². The minimum Gasteiger partial charge on any atom is -0.328 e. The molecule has 144 valence electrons. The van der Waals surface area contributed by atoms with Gasteiger partial charge in [-0.15, -0.1) is 11.3 Å². The van der Waals surface area contributed by atoms with Crippen LogP contribution in [-0.2, 0) is 6.54 Å². The number of hydrogen-bond donors (Lipinski definition) is 1. The molecule has 0 unspecified atom stereocenters. The van der Waals surface area contributed by atoms with Crippen molar-refractivity contribution in [3.8, 4) is 10.7 Å². The molecule has 4 aromatic heterocycles. The highest BCUT2D eigenvalue weighted by atomic mass is 32.1. The zero-order valence-electron chi connectivity index (χ0n) is 15.6. The molecule has 0 radical (unpaired) electrons. The second-order valence-corrected chi connectivity index (χ2v) is 8.75. The van der Waals surface area contributed by atoms with E-state index in [1.165, 1.54) is 43.9 Å². The molecular formula is C19H21N7S2. The Hall–Kier alpha value is -2.36. The summed E-state index contributed by atoms with van der Waals surface area (Å²) in [6.07, 6.45) is 9.60. The third-order valence-electron chi connectivity index (χ3n) is 4.90. The monoisotopic (exact) mass is 411 g/mol. The van der Waals surface area contributed by atoms with Crippen LogP contribution in [0, 0.1) is 6.92 Å². The molecule has 9 heteroatoms. The molecule has 1 aliphatic heterocycles. The number of aryl methyl sites for hydroxylation is 1. The molecule has 0 aromatic carbocycles. The molecule has 1 aliphatic rings. The third kappa shape index (κ3) is 3.52. The zero-order chi connectivity index (χ0) is 18.9. The number of nitrogens with zero attached hydrogens (tertiary/aromatic N) is 6. The molecule has 0 atom stereocenters. The molecule has 0 aliphatic carbocycles. The van der Waals surface area contributed by atoms with E-state index < -0.39 is 0 Å². The second-order valence-electron chi connectivity index (χ2n) is 7.05. The summed E-state index contributed by atoms with van der Waals surface area (Å²) in [5, 5.41) is 7.35. The summed E-state index contributed by atoms with van der Waals surface area (Å²) in [5.74, 6) is 0.746. The third-order valence-corrected chi connectivity index (χ3v) is 6.44. The van der Waals surface area contributed by atoms with Crippen LogP contribution in [0.25, 0.3) is 16.3 Å². The van der Waals surface area contributed by atoms with Crippen LogP contribution in [0.5, 0.6) is 0 Å². The van der Waals surface area contributed by atoms with E-state index in [2.05, 4.69) is 40.0 Å². The number of aromatic nitrogens is 5. The highest BCUT2D eigenvalue weighted by Gasteiger charge is 2.16. The van der Waals surface area contributed by atoms with Gasteiger partial charge in [0, 0.05) is 24.3 Å². The zero-order valence-corrected chi connectivity index (χ0v) is 17.3. The molecule has 1 N–H and O–H groups in total. The van der Waals surface area contributed by atoms with Gasteiger partial charge in [-0.3, -0.25) is 9.30 Å². The van der Waals surface area contributed by atoms with E-state index >= 15 is 0 Å². The number of anilines is 2. The Morgan fingerprint density at radius 3 is 2.89 bits per heavy atom. The molecule has 5 rings (SSSR count). The molecule has 1 fully saturated rings. The Bertz CT molecular complexity index is 1080. The van der Waals surface area contributed by atoms with Crippen LogP contribution < -0.4 is 5.32 Å². The summed E-state index contributed by atoms with van der Waals surface area (Å²) in [4.78, 5) is 16.2. The van der Waals surface area contributed by atoms with Crippen molar-refractivity contribution < 1.29 is 0 Å². The highest BCUT2D eigenvalue weighted by molar-refractivity contribution is 7.13. The maximum atomic E-state index is 4.67. The van der Waals surface area contributed by atoms with Crippen molar-refractivity contribution in [2.45, 2.75) is 32.7 Å². The summed E-state index contributed by atoms with van der Waals surface area (Å²) in [7, 11) is 0. The maximum Gasteiger partial charge on any atom is 0.181 e. The Labute approximate surface area is 171 Å². The lowest BCUT2D eigenvalue weighted by Crippen LogP contribution is -2.29. The smallest absolute Gasteiger partial charge is 0.181 e. The molecule has 4 aromatic rings. The molecule has 0 amide bonds. The van der Waals surface area contributed by atoms with Gasteiger partial charge >= 0.3 is 0 Å². The van der Waals surface area contributed by atoms with Gasteiger partial charge in [-0.25, -0.2) is 15.0 Å². The summed E-state index contributed by atoms with van der Waals surface area (Å²) < 4.78 is 6.68. The fourth-order valence-corrected chi connectivity index (χ4v) is 4.91. The summed E-state index contributed by atoms with van der Waals surface area (Å²) in [5.41, 5.74) is 3.81. The van der Waals surface area contributed by atoms with E-state index in [0.29, 0.717) is 0 Å². The van der Waals surface area contributed by atoms with Crippen molar-refractivity contribution in [2.75, 3.05) is 18.4 Å². The van der Waals surface area contributed by atoms with Gasteiger partial charge in [0.05, 0.1) is 17.6 Å². The van der Waals surface area contributed by atoms with Gasteiger partial charge in [-0.05, 0) is 50.5 Å². The van der Waals surface area contributed by atoms with Crippen LogP contribution in [0.3, 0.4) is 0 Å². The first-order valence-electron chi connectivity index (χ1n) is 9.46. The quantitative estimate of drug-likeness (QED) is 0.526. The van der Waals surface area contributed by atoms with Crippen molar-refractivity contribution in [3.05, 3.63) is 41.4 Å². The Morgan fingerprint density at radius 1 is 1.18 bits per heavy atom. The molecule has 1 saturated heterocycles. The standard InChI is InChI=1S/C19H21N7S2/c1-13-11-26-15(19-20-5-8-27-19)10-21-18(26)17(22-13)23-16-9-14(24-28-16)12-25-6-3-2-4-7-25/h5,8-11H,2-4,6-7,12H2,1H3,(H,22,23). The normalized spacial score (nSPS) is 15.3. The predicted molar refractivity (Wildman–Crippen MR) is 113 cm³/mol. The van der Waals surface area contributed by atoms with Gasteiger partial charge in [-0.1, -0.05) is 6.42 Å². The van der Waals surface area contributed by atoms with Crippen LogP contribution in [0.4, 0.5) is 10.8 Å². The molecule has 0 spiro atoms. The van der Waals surface area contributed by atoms with E-state index in [9.17, 15) is 0 Å². The SMILES string of the molecule is Cc1cn2c(-c3nccs3)cnc2c(Nc2cc(CN3CCCCC3)ns2)n1. The lowest BCUT2D eigenvalue weighted by atomic mass is 10.1. The van der Waals surface area contributed by atoms with Crippen LogP contribution in [-0.4, -0.2) is 41.7 Å². The highest BCUT2D eigenvalue weighted by Crippen LogP contribution is 2.28. The number of nitrogens with one attached hydrogen (secondary N) is 1.